The van der Waals surface area contributed by atoms with E-state index in [0.717, 1.165) is 17.3 Å². The zero-order valence-electron chi connectivity index (χ0n) is 11.1. The molecule has 7 heteroatoms. The minimum atomic E-state index is -0.225. The second-order valence-corrected chi connectivity index (χ2v) is 5.02. The first kappa shape index (κ1) is 15.9. The van der Waals surface area contributed by atoms with Crippen molar-refractivity contribution < 1.29 is 9.53 Å². The molecule has 0 fully saturated rings. The lowest BCUT2D eigenvalue weighted by Crippen LogP contribution is -2.38. The highest BCUT2D eigenvalue weighted by molar-refractivity contribution is 9.10. The van der Waals surface area contributed by atoms with Crippen molar-refractivity contribution >= 4 is 27.7 Å². The lowest BCUT2D eigenvalue weighted by molar-refractivity contribution is 0.0892. The van der Waals surface area contributed by atoms with Crippen molar-refractivity contribution in [3.63, 3.8) is 0 Å². The number of carbonyl (C=O) groups is 1. The fourth-order valence-corrected chi connectivity index (χ4v) is 2.07. The number of hydrogen-bond acceptors (Lipinski definition) is 5. The van der Waals surface area contributed by atoms with Crippen LogP contribution in [0.4, 0.5) is 5.82 Å². The Morgan fingerprint density at radius 2 is 2.37 bits per heavy atom. The Bertz CT molecular complexity index is 422. The molecule has 0 saturated heterocycles. The number of carbonyl (C=O) groups excluding carboxylic acids is 1. The number of nitrogens with zero attached hydrogens (tertiary/aromatic N) is 1. The van der Waals surface area contributed by atoms with Gasteiger partial charge < -0.3 is 15.5 Å². The number of rotatable bonds is 7. The summed E-state index contributed by atoms with van der Waals surface area (Å²) in [6.07, 6.45) is 3.39. The maximum absolute atomic E-state index is 12.2. The van der Waals surface area contributed by atoms with Gasteiger partial charge in [-0.1, -0.05) is 13.3 Å². The van der Waals surface area contributed by atoms with Crippen LogP contribution >= 0.6 is 15.9 Å². The zero-order chi connectivity index (χ0) is 14.3. The molecule has 0 spiro atoms. The molecule has 6 nitrogen and oxygen atoms in total. The predicted octanol–water partition coefficient (Wildman–Crippen LogP) is 1.67. The van der Waals surface area contributed by atoms with Gasteiger partial charge in [0.25, 0.3) is 5.91 Å². The maximum Gasteiger partial charge on any atom is 0.255 e. The Kier molecular flexibility index (Phi) is 6.75. The van der Waals surface area contributed by atoms with Gasteiger partial charge in [-0.05, 0) is 28.4 Å². The average molecular weight is 331 g/mol. The third kappa shape index (κ3) is 4.77. The number of hydrazine groups is 1. The molecule has 0 saturated carbocycles. The molecular weight excluding hydrogens is 312 g/mol. The normalized spacial score (nSPS) is 12.0. The number of nitrogen functional groups attached to an aromatic ring is 1. The van der Waals surface area contributed by atoms with Crippen molar-refractivity contribution in [2.45, 2.75) is 25.8 Å². The van der Waals surface area contributed by atoms with Gasteiger partial charge in [-0.3, -0.25) is 4.79 Å². The number of halogens is 1. The molecule has 1 aromatic heterocycles. The van der Waals surface area contributed by atoms with Gasteiger partial charge in [-0.25, -0.2) is 10.8 Å². The van der Waals surface area contributed by atoms with Crippen molar-refractivity contribution in [3.05, 3.63) is 22.3 Å². The minimum Gasteiger partial charge on any atom is -0.383 e. The third-order valence-corrected chi connectivity index (χ3v) is 3.01. The van der Waals surface area contributed by atoms with E-state index in [0.29, 0.717) is 18.0 Å². The van der Waals surface area contributed by atoms with E-state index >= 15 is 0 Å². The summed E-state index contributed by atoms with van der Waals surface area (Å²) in [5.41, 5.74) is 2.81. The monoisotopic (exact) mass is 330 g/mol. The molecule has 1 atom stereocenters. The molecule has 0 aliphatic heterocycles. The van der Waals surface area contributed by atoms with Crippen LogP contribution in [0.25, 0.3) is 0 Å². The number of amides is 1. The highest BCUT2D eigenvalue weighted by Gasteiger charge is 2.17. The number of nitrogens with one attached hydrogen (secondary N) is 2. The fourth-order valence-electron chi connectivity index (χ4n) is 1.74. The molecule has 1 amide bonds. The summed E-state index contributed by atoms with van der Waals surface area (Å²) in [7, 11) is 1.61. The van der Waals surface area contributed by atoms with Gasteiger partial charge in [-0.15, -0.1) is 0 Å². The van der Waals surface area contributed by atoms with E-state index in [4.69, 9.17) is 10.6 Å². The highest BCUT2D eigenvalue weighted by Crippen LogP contribution is 2.17. The van der Waals surface area contributed by atoms with Crippen LogP contribution in [-0.2, 0) is 4.74 Å². The van der Waals surface area contributed by atoms with Crippen molar-refractivity contribution in [2.24, 2.45) is 5.84 Å². The number of hydrogen-bond donors (Lipinski definition) is 3. The lowest BCUT2D eigenvalue weighted by atomic mass is 10.1. The summed E-state index contributed by atoms with van der Waals surface area (Å²) in [5.74, 6) is 5.47. The van der Waals surface area contributed by atoms with Crippen LogP contribution < -0.4 is 16.6 Å². The number of nitrogens with two attached hydrogens (primary N) is 1. The first-order valence-corrected chi connectivity index (χ1v) is 6.83. The van der Waals surface area contributed by atoms with Gasteiger partial charge in [0, 0.05) is 17.8 Å². The van der Waals surface area contributed by atoms with E-state index < -0.39 is 0 Å². The molecule has 1 aromatic rings. The average Bonchev–Trinajstić information content (AvgIpc) is 2.39. The summed E-state index contributed by atoms with van der Waals surface area (Å²) >= 11 is 3.29. The van der Waals surface area contributed by atoms with Crippen LogP contribution in [-0.4, -0.2) is 30.6 Å². The number of anilines is 1. The van der Waals surface area contributed by atoms with E-state index in [1.54, 1.807) is 19.4 Å². The summed E-state index contributed by atoms with van der Waals surface area (Å²) in [6, 6.07) is 1.65. The van der Waals surface area contributed by atoms with Crippen molar-refractivity contribution in [1.29, 1.82) is 0 Å². The topological polar surface area (TPSA) is 89.3 Å². The van der Waals surface area contributed by atoms with Gasteiger partial charge >= 0.3 is 0 Å². The van der Waals surface area contributed by atoms with E-state index in [9.17, 15) is 4.79 Å². The van der Waals surface area contributed by atoms with Crippen molar-refractivity contribution in [2.75, 3.05) is 19.1 Å². The summed E-state index contributed by atoms with van der Waals surface area (Å²) in [4.78, 5) is 16.3. The van der Waals surface area contributed by atoms with Gasteiger partial charge in [0.1, 0.15) is 0 Å². The van der Waals surface area contributed by atoms with Crippen LogP contribution in [0.5, 0.6) is 0 Å². The number of aromatic nitrogens is 1. The predicted molar refractivity (Wildman–Crippen MR) is 77.8 cm³/mol. The molecule has 1 rings (SSSR count). The molecule has 1 heterocycles. The first-order valence-electron chi connectivity index (χ1n) is 6.04. The molecule has 0 bridgehead atoms. The van der Waals surface area contributed by atoms with E-state index in [1.165, 1.54) is 0 Å². The second-order valence-electron chi connectivity index (χ2n) is 4.11. The molecular formula is C12H19BrN4O2. The van der Waals surface area contributed by atoms with Crippen molar-refractivity contribution in [1.82, 2.24) is 10.3 Å². The van der Waals surface area contributed by atoms with Crippen LogP contribution in [0.2, 0.25) is 0 Å². The summed E-state index contributed by atoms with van der Waals surface area (Å²) < 4.78 is 5.81. The van der Waals surface area contributed by atoms with Crippen molar-refractivity contribution in [3.8, 4) is 0 Å². The molecule has 0 aromatic carbocycles. The minimum absolute atomic E-state index is 0.0212. The van der Waals surface area contributed by atoms with Crippen LogP contribution in [0.3, 0.4) is 0 Å². The summed E-state index contributed by atoms with van der Waals surface area (Å²) in [5, 5.41) is 2.92. The van der Waals surface area contributed by atoms with Crippen LogP contribution in [0.15, 0.2) is 16.7 Å². The van der Waals surface area contributed by atoms with E-state index in [-0.39, 0.29) is 11.9 Å². The molecule has 0 radical (unpaired) electrons. The first-order chi connectivity index (χ1) is 9.12. The maximum atomic E-state index is 12.2. The summed E-state index contributed by atoms with van der Waals surface area (Å²) in [6.45, 7) is 2.54. The Balaban J connectivity index is 2.83. The molecule has 19 heavy (non-hydrogen) atoms. The SMILES string of the molecule is CCCC(COC)NC(=O)c1cc(Br)cnc1NN. The smallest absolute Gasteiger partial charge is 0.255 e. The quantitative estimate of drug-likeness (QED) is 0.522. The Morgan fingerprint density at radius 1 is 1.63 bits per heavy atom. The van der Waals surface area contributed by atoms with Crippen LogP contribution in [0.1, 0.15) is 30.1 Å². The molecule has 106 valence electrons. The molecule has 0 aliphatic carbocycles. The van der Waals surface area contributed by atoms with E-state index in [1.807, 2.05) is 0 Å². The Labute approximate surface area is 121 Å². The fraction of sp³-hybridized carbons (Fsp3) is 0.500. The van der Waals surface area contributed by atoms with Gasteiger partial charge in [0.2, 0.25) is 0 Å². The lowest BCUT2D eigenvalue weighted by Gasteiger charge is -2.18. The highest BCUT2D eigenvalue weighted by atomic mass is 79.9. The van der Waals surface area contributed by atoms with Gasteiger partial charge in [0.05, 0.1) is 18.2 Å². The van der Waals surface area contributed by atoms with E-state index in [2.05, 4.69) is 38.6 Å². The largest absolute Gasteiger partial charge is 0.383 e. The Hall–Kier alpha value is -1.18. The number of ether oxygens (including phenoxy) is 1. The molecule has 4 N–H and O–H groups in total. The molecule has 1 unspecified atom stereocenters. The number of methoxy groups -OCH3 is 1. The van der Waals surface area contributed by atoms with Gasteiger partial charge in [0.15, 0.2) is 5.82 Å². The second kappa shape index (κ2) is 8.08. The van der Waals surface area contributed by atoms with Gasteiger partial charge in [-0.2, -0.15) is 0 Å². The standard InChI is InChI=1S/C12H19BrN4O2/c1-3-4-9(7-19-2)16-12(18)10-5-8(13)6-15-11(10)17-14/h5-6,9H,3-4,7,14H2,1-2H3,(H,15,17)(H,16,18). The third-order valence-electron chi connectivity index (χ3n) is 2.58. The van der Waals surface area contributed by atoms with Crippen LogP contribution in [0, 0.1) is 0 Å². The molecule has 0 aliphatic rings. The number of pyridine rings is 1. The Morgan fingerprint density at radius 3 is 2.95 bits per heavy atom. The zero-order valence-corrected chi connectivity index (χ0v) is 12.7.